The van der Waals surface area contributed by atoms with Crippen LogP contribution in [-0.4, -0.2) is 39.1 Å². The van der Waals surface area contributed by atoms with Crippen LogP contribution in [0.2, 0.25) is 0 Å². The zero-order valence-corrected chi connectivity index (χ0v) is 15.1. The van der Waals surface area contributed by atoms with Crippen LogP contribution in [0, 0.1) is 5.82 Å². The first-order chi connectivity index (χ1) is 12.7. The number of pyridine rings is 2. The van der Waals surface area contributed by atoms with Crippen molar-refractivity contribution < 1.29 is 14.3 Å². The molecule has 0 radical (unpaired) electrons. The Labute approximate surface area is 153 Å². The maximum Gasteiger partial charge on any atom is 0.293 e. The Morgan fingerprint density at radius 3 is 2.33 bits per heavy atom. The molecule has 0 aliphatic carbocycles. The number of amides is 1. The number of fused-ring (bicyclic) bond motifs is 1. The number of aromatic hydroxyl groups is 1. The summed E-state index contributed by atoms with van der Waals surface area (Å²) >= 11 is 0. The second kappa shape index (κ2) is 6.71. The van der Waals surface area contributed by atoms with Gasteiger partial charge in [-0.05, 0) is 23.8 Å². The largest absolute Gasteiger partial charge is 0.502 e. The molecule has 1 aromatic carbocycles. The van der Waals surface area contributed by atoms with Crippen molar-refractivity contribution in [2.45, 2.75) is 6.54 Å². The van der Waals surface area contributed by atoms with Crippen molar-refractivity contribution in [2.24, 2.45) is 7.05 Å². The van der Waals surface area contributed by atoms with Crippen molar-refractivity contribution in [3.8, 4) is 5.75 Å². The van der Waals surface area contributed by atoms with Crippen LogP contribution in [0.3, 0.4) is 0 Å². The van der Waals surface area contributed by atoms with Gasteiger partial charge in [0.2, 0.25) is 0 Å². The minimum atomic E-state index is -0.829. The molecule has 2 heterocycles. The molecule has 3 aromatic rings. The highest BCUT2D eigenvalue weighted by Crippen LogP contribution is 2.22. The summed E-state index contributed by atoms with van der Waals surface area (Å²) in [5, 5.41) is 10.2. The summed E-state index contributed by atoms with van der Waals surface area (Å²) in [6.45, 7) is 0.126. The van der Waals surface area contributed by atoms with E-state index in [0.29, 0.717) is 5.56 Å². The number of carbonyl (C=O) groups is 1. The van der Waals surface area contributed by atoms with E-state index in [0.717, 1.165) is 4.57 Å². The van der Waals surface area contributed by atoms with Crippen molar-refractivity contribution in [2.75, 3.05) is 14.1 Å². The van der Waals surface area contributed by atoms with E-state index >= 15 is 0 Å². The van der Waals surface area contributed by atoms with E-state index in [9.17, 15) is 23.9 Å². The van der Waals surface area contributed by atoms with Gasteiger partial charge in [-0.15, -0.1) is 0 Å². The molecule has 3 rings (SSSR count). The first-order valence-corrected chi connectivity index (χ1v) is 8.13. The van der Waals surface area contributed by atoms with Crippen molar-refractivity contribution in [3.63, 3.8) is 0 Å². The second-order valence-corrected chi connectivity index (χ2v) is 6.42. The second-order valence-electron chi connectivity index (χ2n) is 6.42. The average Bonchev–Trinajstić information content (AvgIpc) is 2.63. The van der Waals surface area contributed by atoms with E-state index < -0.39 is 28.6 Å². The van der Waals surface area contributed by atoms with Crippen LogP contribution >= 0.6 is 0 Å². The number of hydrogen-bond donors (Lipinski definition) is 1. The molecule has 0 bridgehead atoms. The average molecular weight is 371 g/mol. The fraction of sp³-hybridized carbons (Fsp3) is 0.211. The van der Waals surface area contributed by atoms with Gasteiger partial charge in [-0.25, -0.2) is 4.39 Å². The van der Waals surface area contributed by atoms with Crippen molar-refractivity contribution in [3.05, 3.63) is 74.3 Å². The highest BCUT2D eigenvalue weighted by molar-refractivity contribution is 6.06. The number of aromatic nitrogens is 2. The van der Waals surface area contributed by atoms with Gasteiger partial charge in [0.15, 0.2) is 5.75 Å². The molecule has 0 aliphatic heterocycles. The topological polar surface area (TPSA) is 84.5 Å². The Morgan fingerprint density at radius 1 is 1.11 bits per heavy atom. The summed E-state index contributed by atoms with van der Waals surface area (Å²) in [6.07, 6.45) is 1.48. The van der Waals surface area contributed by atoms with Crippen molar-refractivity contribution in [1.29, 1.82) is 0 Å². The lowest BCUT2D eigenvalue weighted by Crippen LogP contribution is -2.32. The molecular formula is C19H18FN3O4. The standard InChI is InChI=1S/C19H18FN3O4/c1-21(2)18(26)15-13-8-9-23(10-11-4-6-12(20)7-5-11)17(25)14(13)16(24)19(27)22(15)3/h4-9,24H,10H2,1-3H3. The predicted octanol–water partition coefficient (Wildman–Crippen LogP) is 1.29. The first kappa shape index (κ1) is 18.4. The quantitative estimate of drug-likeness (QED) is 0.752. The molecule has 140 valence electrons. The van der Waals surface area contributed by atoms with Gasteiger partial charge in [-0.1, -0.05) is 12.1 Å². The Bertz CT molecular complexity index is 1160. The SMILES string of the molecule is CN(C)C(=O)c1c2ccn(Cc3ccc(F)cc3)c(=O)c2c(O)c(=O)n1C. The lowest BCUT2D eigenvalue weighted by Gasteiger charge is -2.17. The third kappa shape index (κ3) is 3.10. The van der Waals surface area contributed by atoms with Crippen LogP contribution < -0.4 is 11.1 Å². The number of carbonyl (C=O) groups excluding carboxylic acids is 1. The summed E-state index contributed by atoms with van der Waals surface area (Å²) in [5.41, 5.74) is -0.751. The molecule has 1 N–H and O–H groups in total. The number of hydrogen-bond acceptors (Lipinski definition) is 4. The summed E-state index contributed by atoms with van der Waals surface area (Å²) in [5.74, 6) is -1.56. The fourth-order valence-electron chi connectivity index (χ4n) is 2.93. The van der Waals surface area contributed by atoms with Gasteiger partial charge in [0.05, 0.1) is 11.9 Å². The first-order valence-electron chi connectivity index (χ1n) is 8.13. The third-order valence-electron chi connectivity index (χ3n) is 4.37. The minimum Gasteiger partial charge on any atom is -0.502 e. The number of halogens is 1. The van der Waals surface area contributed by atoms with E-state index in [1.807, 2.05) is 0 Å². The minimum absolute atomic E-state index is 0.0174. The maximum absolute atomic E-state index is 13.1. The van der Waals surface area contributed by atoms with Crippen LogP contribution in [-0.2, 0) is 13.6 Å². The van der Waals surface area contributed by atoms with Crippen LogP contribution in [0.25, 0.3) is 10.8 Å². The lowest BCUT2D eigenvalue weighted by molar-refractivity contribution is 0.0819. The highest BCUT2D eigenvalue weighted by atomic mass is 19.1. The third-order valence-corrected chi connectivity index (χ3v) is 4.37. The van der Waals surface area contributed by atoms with Gasteiger partial charge in [0.1, 0.15) is 11.5 Å². The van der Waals surface area contributed by atoms with Gasteiger partial charge in [-0.2, -0.15) is 0 Å². The molecule has 0 saturated carbocycles. The number of nitrogens with zero attached hydrogens (tertiary/aromatic N) is 3. The van der Waals surface area contributed by atoms with E-state index in [-0.39, 0.29) is 23.0 Å². The van der Waals surface area contributed by atoms with Crippen LogP contribution in [0.1, 0.15) is 16.1 Å². The molecule has 1 amide bonds. The van der Waals surface area contributed by atoms with Gasteiger partial charge in [-0.3, -0.25) is 14.4 Å². The summed E-state index contributed by atoms with van der Waals surface area (Å²) in [6, 6.07) is 7.15. The molecule has 0 unspecified atom stereocenters. The predicted molar refractivity (Wildman–Crippen MR) is 98.6 cm³/mol. The molecule has 27 heavy (non-hydrogen) atoms. The monoisotopic (exact) mass is 371 g/mol. The Hall–Kier alpha value is -3.42. The van der Waals surface area contributed by atoms with Crippen LogP contribution in [0.15, 0.2) is 46.1 Å². The smallest absolute Gasteiger partial charge is 0.293 e. The molecular weight excluding hydrogens is 353 g/mol. The summed E-state index contributed by atoms with van der Waals surface area (Å²) in [4.78, 5) is 39.0. The van der Waals surface area contributed by atoms with E-state index in [1.54, 1.807) is 0 Å². The summed E-state index contributed by atoms with van der Waals surface area (Å²) < 4.78 is 15.4. The number of benzene rings is 1. The Morgan fingerprint density at radius 2 is 1.74 bits per heavy atom. The number of rotatable bonds is 3. The van der Waals surface area contributed by atoms with Gasteiger partial charge in [0.25, 0.3) is 17.0 Å². The maximum atomic E-state index is 13.1. The lowest BCUT2D eigenvalue weighted by atomic mass is 10.1. The van der Waals surface area contributed by atoms with E-state index in [2.05, 4.69) is 0 Å². The van der Waals surface area contributed by atoms with Gasteiger partial charge >= 0.3 is 0 Å². The van der Waals surface area contributed by atoms with Crippen molar-refractivity contribution >= 4 is 16.7 Å². The molecule has 0 saturated heterocycles. The Balaban J connectivity index is 2.27. The van der Waals surface area contributed by atoms with Crippen LogP contribution in [0.4, 0.5) is 4.39 Å². The zero-order chi connectivity index (χ0) is 19.9. The van der Waals surface area contributed by atoms with E-state index in [1.165, 1.54) is 67.1 Å². The normalized spacial score (nSPS) is 11.0. The highest BCUT2D eigenvalue weighted by Gasteiger charge is 2.23. The molecule has 8 heteroatoms. The molecule has 0 fully saturated rings. The summed E-state index contributed by atoms with van der Waals surface area (Å²) in [7, 11) is 4.42. The van der Waals surface area contributed by atoms with Gasteiger partial charge in [0, 0.05) is 32.7 Å². The Kier molecular flexibility index (Phi) is 4.57. The molecule has 2 aromatic heterocycles. The van der Waals surface area contributed by atoms with Crippen molar-refractivity contribution in [1.82, 2.24) is 14.0 Å². The fourth-order valence-corrected chi connectivity index (χ4v) is 2.93. The molecule has 0 aliphatic rings. The zero-order valence-electron chi connectivity index (χ0n) is 15.1. The van der Waals surface area contributed by atoms with Gasteiger partial charge < -0.3 is 19.1 Å². The van der Waals surface area contributed by atoms with Crippen LogP contribution in [0.5, 0.6) is 5.75 Å². The molecule has 0 atom stereocenters. The molecule has 0 spiro atoms. The molecule has 7 nitrogen and oxygen atoms in total. The van der Waals surface area contributed by atoms with E-state index in [4.69, 9.17) is 0 Å².